The van der Waals surface area contributed by atoms with Crippen LogP contribution in [0.4, 0.5) is 5.69 Å². The summed E-state index contributed by atoms with van der Waals surface area (Å²) in [4.78, 5) is 12.3. The third kappa shape index (κ3) is 3.13. The van der Waals surface area contributed by atoms with Gasteiger partial charge in [-0.25, -0.2) is 0 Å². The highest BCUT2D eigenvalue weighted by atomic mass is 16.6. The third-order valence-corrected chi connectivity index (χ3v) is 3.63. The van der Waals surface area contributed by atoms with Crippen LogP contribution in [0.3, 0.4) is 0 Å². The van der Waals surface area contributed by atoms with Gasteiger partial charge in [0.2, 0.25) is 0 Å². The van der Waals surface area contributed by atoms with Gasteiger partial charge in [-0.15, -0.1) is 0 Å². The molecule has 1 aromatic rings. The molecule has 1 heterocycles. The van der Waals surface area contributed by atoms with Gasteiger partial charge in [0.1, 0.15) is 0 Å². The largest absolute Gasteiger partial charge is 0.396 e. The fourth-order valence-electron chi connectivity index (χ4n) is 2.56. The lowest BCUT2D eigenvalue weighted by atomic mass is 9.93. The molecule has 0 unspecified atom stereocenters. The molecule has 0 radical (unpaired) electrons. The van der Waals surface area contributed by atoms with Gasteiger partial charge in [-0.3, -0.25) is 15.0 Å². The number of hydrogen-bond donors (Lipinski definition) is 3. The van der Waals surface area contributed by atoms with E-state index in [1.165, 1.54) is 6.07 Å². The second-order valence-electron chi connectivity index (χ2n) is 5.08. The number of rotatable bonds is 4. The van der Waals surface area contributed by atoms with Crippen LogP contribution in [0, 0.1) is 16.0 Å². The highest BCUT2D eigenvalue weighted by Crippen LogP contribution is 2.23. The lowest BCUT2D eigenvalue weighted by Gasteiger charge is -2.38. The van der Waals surface area contributed by atoms with E-state index in [9.17, 15) is 25.4 Å². The summed E-state index contributed by atoms with van der Waals surface area (Å²) in [6.07, 6.45) is -1.91. The Bertz CT molecular complexity index is 482. The Morgan fingerprint density at radius 3 is 2.65 bits per heavy atom. The summed E-state index contributed by atoms with van der Waals surface area (Å²) >= 11 is 0. The van der Waals surface area contributed by atoms with Crippen LogP contribution < -0.4 is 0 Å². The van der Waals surface area contributed by atoms with E-state index >= 15 is 0 Å². The average Bonchev–Trinajstić information content (AvgIpc) is 2.43. The summed E-state index contributed by atoms with van der Waals surface area (Å²) in [5.74, 6) is -0.443. The van der Waals surface area contributed by atoms with Gasteiger partial charge in [-0.2, -0.15) is 0 Å². The van der Waals surface area contributed by atoms with Gasteiger partial charge in [0.05, 0.1) is 17.1 Å². The molecule has 0 aliphatic carbocycles. The molecule has 0 amide bonds. The van der Waals surface area contributed by atoms with Gasteiger partial charge < -0.3 is 15.3 Å². The SMILES string of the molecule is O=[N+]([O-])c1ccccc1CN1C[C@H](CO)[C@@H](O)[C@H](O)C1. The monoisotopic (exact) mass is 282 g/mol. The van der Waals surface area contributed by atoms with E-state index in [0.717, 1.165) is 0 Å². The van der Waals surface area contributed by atoms with Crippen LogP contribution in [-0.4, -0.2) is 57.0 Å². The van der Waals surface area contributed by atoms with Crippen molar-refractivity contribution in [1.82, 2.24) is 4.90 Å². The van der Waals surface area contributed by atoms with E-state index in [-0.39, 0.29) is 18.8 Å². The van der Waals surface area contributed by atoms with Crippen LogP contribution in [0.25, 0.3) is 0 Å². The Balaban J connectivity index is 2.12. The number of nitro groups is 1. The van der Waals surface area contributed by atoms with Crippen molar-refractivity contribution in [3.63, 3.8) is 0 Å². The van der Waals surface area contributed by atoms with Crippen molar-refractivity contribution in [2.75, 3.05) is 19.7 Å². The van der Waals surface area contributed by atoms with Crippen LogP contribution in [0.5, 0.6) is 0 Å². The topological polar surface area (TPSA) is 107 Å². The number of nitrogens with zero attached hydrogens (tertiary/aromatic N) is 2. The molecule has 7 heteroatoms. The van der Waals surface area contributed by atoms with E-state index in [4.69, 9.17) is 0 Å². The van der Waals surface area contributed by atoms with Gasteiger partial charge in [0, 0.05) is 43.8 Å². The van der Waals surface area contributed by atoms with Gasteiger partial charge in [-0.05, 0) is 0 Å². The first-order valence-corrected chi connectivity index (χ1v) is 6.44. The summed E-state index contributed by atoms with van der Waals surface area (Å²) in [5.41, 5.74) is 0.589. The van der Waals surface area contributed by atoms with Gasteiger partial charge in [0.15, 0.2) is 0 Å². The molecule has 2 rings (SSSR count). The molecule has 0 bridgehead atoms. The zero-order valence-electron chi connectivity index (χ0n) is 10.9. The second kappa shape index (κ2) is 6.27. The summed E-state index contributed by atoms with van der Waals surface area (Å²) < 4.78 is 0. The first-order chi connectivity index (χ1) is 9.52. The van der Waals surface area contributed by atoms with E-state index in [1.54, 1.807) is 23.1 Å². The third-order valence-electron chi connectivity index (χ3n) is 3.63. The van der Waals surface area contributed by atoms with Crippen LogP contribution in [0.1, 0.15) is 5.56 Å². The Labute approximate surface area is 116 Å². The molecule has 110 valence electrons. The standard InChI is InChI=1S/C13H18N2O5/c16-8-10-6-14(7-12(17)13(10)18)5-9-3-1-2-4-11(9)15(19)20/h1-4,10,12-13,16-18H,5-8H2/t10-,12-,13-/m1/s1. The molecule has 1 fully saturated rings. The molecule has 20 heavy (non-hydrogen) atoms. The molecule has 3 atom stereocenters. The van der Waals surface area contributed by atoms with Crippen LogP contribution in [-0.2, 0) is 6.54 Å². The fourth-order valence-corrected chi connectivity index (χ4v) is 2.56. The highest BCUT2D eigenvalue weighted by molar-refractivity contribution is 5.39. The van der Waals surface area contributed by atoms with Crippen molar-refractivity contribution < 1.29 is 20.2 Å². The van der Waals surface area contributed by atoms with E-state index < -0.39 is 23.0 Å². The Hall–Kier alpha value is -1.54. The molecule has 1 aromatic carbocycles. The minimum absolute atomic E-state index is 0.0358. The van der Waals surface area contributed by atoms with Crippen molar-refractivity contribution in [1.29, 1.82) is 0 Å². The average molecular weight is 282 g/mol. The van der Waals surface area contributed by atoms with Crippen LogP contribution in [0.15, 0.2) is 24.3 Å². The maximum Gasteiger partial charge on any atom is 0.273 e. The Kier molecular flexibility index (Phi) is 4.66. The molecular formula is C13H18N2O5. The van der Waals surface area contributed by atoms with Crippen molar-refractivity contribution in [2.24, 2.45) is 5.92 Å². The van der Waals surface area contributed by atoms with Crippen molar-refractivity contribution in [3.05, 3.63) is 39.9 Å². The minimum atomic E-state index is -0.956. The summed E-state index contributed by atoms with van der Waals surface area (Å²) in [6, 6.07) is 6.44. The molecule has 0 saturated carbocycles. The molecular weight excluding hydrogens is 264 g/mol. The number of likely N-dealkylation sites (tertiary alicyclic amines) is 1. The number of hydrogen-bond acceptors (Lipinski definition) is 6. The molecule has 0 spiro atoms. The Morgan fingerprint density at radius 1 is 1.30 bits per heavy atom. The van der Waals surface area contributed by atoms with E-state index in [1.807, 2.05) is 0 Å². The highest BCUT2D eigenvalue weighted by Gasteiger charge is 2.34. The molecule has 1 aliphatic rings. The predicted molar refractivity (Wildman–Crippen MR) is 71.0 cm³/mol. The van der Waals surface area contributed by atoms with Crippen LogP contribution >= 0.6 is 0 Å². The quantitative estimate of drug-likeness (QED) is 0.519. The number of benzene rings is 1. The number of nitro benzene ring substituents is 1. The van der Waals surface area contributed by atoms with Crippen LogP contribution in [0.2, 0.25) is 0 Å². The number of aliphatic hydroxyl groups excluding tert-OH is 3. The zero-order chi connectivity index (χ0) is 14.7. The van der Waals surface area contributed by atoms with Gasteiger partial charge in [0.25, 0.3) is 5.69 Å². The summed E-state index contributed by atoms with van der Waals surface area (Å²) in [5, 5.41) is 39.6. The van der Waals surface area contributed by atoms with Crippen molar-refractivity contribution >= 4 is 5.69 Å². The molecule has 1 aliphatic heterocycles. The first-order valence-electron chi connectivity index (χ1n) is 6.44. The smallest absolute Gasteiger partial charge is 0.273 e. The number of β-amino-alcohol motifs (C(OH)–C–C–N with tert-alkyl or cyclic N) is 1. The maximum atomic E-state index is 11.0. The number of piperidine rings is 1. The lowest BCUT2D eigenvalue weighted by Crippen LogP contribution is -2.53. The molecule has 3 N–H and O–H groups in total. The Morgan fingerprint density at radius 2 is 2.00 bits per heavy atom. The maximum absolute atomic E-state index is 11.0. The molecule has 7 nitrogen and oxygen atoms in total. The molecule has 1 saturated heterocycles. The summed E-state index contributed by atoms with van der Waals surface area (Å²) in [7, 11) is 0. The second-order valence-corrected chi connectivity index (χ2v) is 5.08. The molecule has 0 aromatic heterocycles. The van der Waals surface area contributed by atoms with E-state index in [0.29, 0.717) is 18.7 Å². The van der Waals surface area contributed by atoms with Gasteiger partial charge >= 0.3 is 0 Å². The fraction of sp³-hybridized carbons (Fsp3) is 0.538. The first kappa shape index (κ1) is 14.9. The normalized spacial score (nSPS) is 27.4. The number of aliphatic hydroxyl groups is 3. The minimum Gasteiger partial charge on any atom is -0.396 e. The number of para-hydroxylation sites is 1. The van der Waals surface area contributed by atoms with Crippen molar-refractivity contribution in [3.8, 4) is 0 Å². The van der Waals surface area contributed by atoms with E-state index in [2.05, 4.69) is 0 Å². The van der Waals surface area contributed by atoms with Gasteiger partial charge in [-0.1, -0.05) is 18.2 Å². The van der Waals surface area contributed by atoms with Crippen molar-refractivity contribution in [2.45, 2.75) is 18.8 Å². The lowest BCUT2D eigenvalue weighted by molar-refractivity contribution is -0.385. The zero-order valence-corrected chi connectivity index (χ0v) is 10.9. The predicted octanol–water partition coefficient (Wildman–Crippen LogP) is -0.259. The summed E-state index contributed by atoms with van der Waals surface area (Å²) in [6.45, 7) is 0.688.